The molecule has 11 nitrogen and oxygen atoms in total. The van der Waals surface area contributed by atoms with Crippen molar-refractivity contribution in [2.75, 3.05) is 19.5 Å². The van der Waals surface area contributed by atoms with Crippen LogP contribution in [0, 0.1) is 5.92 Å². The molecule has 11 heteroatoms. The fourth-order valence-corrected chi connectivity index (χ4v) is 4.45. The van der Waals surface area contributed by atoms with Crippen molar-refractivity contribution in [3.05, 3.63) is 53.0 Å². The lowest BCUT2D eigenvalue weighted by Gasteiger charge is -2.20. The first-order chi connectivity index (χ1) is 17.1. The molecule has 1 aromatic carbocycles. The summed E-state index contributed by atoms with van der Waals surface area (Å²) in [4.78, 5) is 33.3. The first-order valence-electron chi connectivity index (χ1n) is 11.3. The van der Waals surface area contributed by atoms with E-state index < -0.39 is 0 Å². The molecule has 1 saturated carbocycles. The topological polar surface area (TPSA) is 136 Å². The number of nitrogens with one attached hydrogen (secondary N) is 3. The van der Waals surface area contributed by atoms with Crippen molar-refractivity contribution >= 4 is 27.8 Å². The van der Waals surface area contributed by atoms with Crippen molar-refractivity contribution in [1.82, 2.24) is 34.7 Å². The van der Waals surface area contributed by atoms with Crippen molar-refractivity contribution in [1.29, 1.82) is 0 Å². The van der Waals surface area contributed by atoms with Gasteiger partial charge in [-0.15, -0.1) is 0 Å². The Labute approximate surface area is 199 Å². The minimum Gasteiger partial charge on any atom is -0.493 e. The quantitative estimate of drug-likeness (QED) is 0.329. The number of imidazole rings is 1. The summed E-state index contributed by atoms with van der Waals surface area (Å²) in [5.74, 6) is 2.59. The molecule has 4 heterocycles. The van der Waals surface area contributed by atoms with E-state index in [9.17, 15) is 4.79 Å². The number of hydrogen-bond donors (Lipinski definition) is 3. The summed E-state index contributed by atoms with van der Waals surface area (Å²) in [5.41, 5.74) is 3.31. The zero-order chi connectivity index (χ0) is 24.1. The summed E-state index contributed by atoms with van der Waals surface area (Å²) in [6, 6.07) is 5.21. The lowest BCUT2D eigenvalue weighted by atomic mass is 10.1. The van der Waals surface area contributed by atoms with Crippen LogP contribution in [0.5, 0.6) is 11.5 Å². The van der Waals surface area contributed by atoms with Gasteiger partial charge in [0.05, 0.1) is 42.5 Å². The van der Waals surface area contributed by atoms with Crippen LogP contribution in [0.2, 0.25) is 0 Å². The molecule has 1 atom stereocenters. The number of ether oxygens (including phenoxy) is 2. The Bertz CT molecular complexity index is 1560. The predicted molar refractivity (Wildman–Crippen MR) is 131 cm³/mol. The lowest BCUT2D eigenvalue weighted by Crippen LogP contribution is -2.20. The highest BCUT2D eigenvalue weighted by Crippen LogP contribution is 2.43. The van der Waals surface area contributed by atoms with Crippen LogP contribution in [0.25, 0.3) is 33.5 Å². The molecular formula is C24H24N8O3. The van der Waals surface area contributed by atoms with Crippen molar-refractivity contribution in [2.45, 2.75) is 18.9 Å². The summed E-state index contributed by atoms with van der Waals surface area (Å²) in [5, 5.41) is 8.22. The van der Waals surface area contributed by atoms with E-state index in [4.69, 9.17) is 14.5 Å². The molecule has 178 valence electrons. The maximum Gasteiger partial charge on any atom is 0.261 e. The number of rotatable bonds is 7. The van der Waals surface area contributed by atoms with Crippen molar-refractivity contribution in [3.8, 4) is 22.9 Å². The SMILES string of the molecule is COc1cc2nc(-c3c(N[C@H](c4ncccn4)C4CC4)c4nn(C)cc4[nH]c3=O)[nH]c2cc1OC. The highest BCUT2D eigenvalue weighted by molar-refractivity contribution is 5.97. The molecule has 1 fully saturated rings. The molecule has 3 N–H and O–H groups in total. The van der Waals surface area contributed by atoms with Crippen LogP contribution < -0.4 is 20.3 Å². The van der Waals surface area contributed by atoms with Crippen LogP contribution in [0.4, 0.5) is 5.69 Å². The lowest BCUT2D eigenvalue weighted by molar-refractivity contribution is 0.356. The molecule has 0 radical (unpaired) electrons. The second-order valence-corrected chi connectivity index (χ2v) is 8.65. The molecule has 1 aliphatic carbocycles. The number of aryl methyl sites for hydroxylation is 1. The molecule has 0 aliphatic heterocycles. The van der Waals surface area contributed by atoms with Gasteiger partial charge in [-0.25, -0.2) is 15.0 Å². The van der Waals surface area contributed by atoms with Crippen LogP contribution >= 0.6 is 0 Å². The molecular weight excluding hydrogens is 448 g/mol. The van der Waals surface area contributed by atoms with E-state index in [0.29, 0.717) is 62.4 Å². The number of nitrogens with zero attached hydrogens (tertiary/aromatic N) is 5. The number of hydrogen-bond acceptors (Lipinski definition) is 8. The predicted octanol–water partition coefficient (Wildman–Crippen LogP) is 3.18. The molecule has 0 amide bonds. The number of benzene rings is 1. The van der Waals surface area contributed by atoms with E-state index in [1.807, 2.05) is 7.05 Å². The second kappa shape index (κ2) is 8.12. The monoisotopic (exact) mass is 472 g/mol. The van der Waals surface area contributed by atoms with Crippen molar-refractivity contribution < 1.29 is 9.47 Å². The van der Waals surface area contributed by atoms with E-state index in [1.54, 1.807) is 55.7 Å². The molecule has 5 aromatic rings. The van der Waals surface area contributed by atoms with Gasteiger partial charge in [0.2, 0.25) is 0 Å². The van der Waals surface area contributed by atoms with E-state index in [-0.39, 0.29) is 11.6 Å². The highest BCUT2D eigenvalue weighted by Gasteiger charge is 2.36. The molecule has 4 aromatic heterocycles. The average Bonchev–Trinajstić information content (AvgIpc) is 3.51. The normalized spacial score (nSPS) is 14.4. The van der Waals surface area contributed by atoms with Gasteiger partial charge >= 0.3 is 0 Å². The fourth-order valence-electron chi connectivity index (χ4n) is 4.45. The molecule has 0 spiro atoms. The van der Waals surface area contributed by atoms with Crippen LogP contribution in [0.3, 0.4) is 0 Å². The summed E-state index contributed by atoms with van der Waals surface area (Å²) in [7, 11) is 4.97. The summed E-state index contributed by atoms with van der Waals surface area (Å²) < 4.78 is 12.5. The van der Waals surface area contributed by atoms with Gasteiger partial charge in [0.25, 0.3) is 5.56 Å². The number of H-pyrrole nitrogens is 2. The third-order valence-electron chi connectivity index (χ3n) is 6.27. The maximum atomic E-state index is 13.4. The summed E-state index contributed by atoms with van der Waals surface area (Å²) in [6.45, 7) is 0. The molecule has 0 saturated heterocycles. The van der Waals surface area contributed by atoms with E-state index in [2.05, 4.69) is 30.4 Å². The van der Waals surface area contributed by atoms with Crippen LogP contribution in [0.15, 0.2) is 41.6 Å². The smallest absolute Gasteiger partial charge is 0.261 e. The molecule has 0 bridgehead atoms. The van der Waals surface area contributed by atoms with Crippen molar-refractivity contribution in [3.63, 3.8) is 0 Å². The second-order valence-electron chi connectivity index (χ2n) is 8.65. The van der Waals surface area contributed by atoms with E-state index >= 15 is 0 Å². The fraction of sp³-hybridized carbons (Fsp3) is 0.292. The standard InChI is InChI=1S/C24H24N8O3/c1-32-11-15-20(31-32)21(30-19(12-5-6-12)23-25-7-4-8-26-23)18(24(33)29-15)22-27-13-9-16(34-2)17(35-3)10-14(13)28-22/h4,7-12,19,30H,5-6H2,1-3H3,(H,27,28)(H,29,33)/t19-/m0/s1. The van der Waals surface area contributed by atoms with Crippen molar-refractivity contribution in [2.24, 2.45) is 13.0 Å². The van der Waals surface area contributed by atoms with Gasteiger partial charge in [-0.2, -0.15) is 5.10 Å². The molecule has 1 aliphatic rings. The molecule has 35 heavy (non-hydrogen) atoms. The van der Waals surface area contributed by atoms with E-state index in [0.717, 1.165) is 12.8 Å². The van der Waals surface area contributed by atoms with Gasteiger partial charge in [0, 0.05) is 37.8 Å². The number of aromatic nitrogens is 7. The minimum atomic E-state index is -0.283. The van der Waals surface area contributed by atoms with Crippen LogP contribution in [-0.4, -0.2) is 48.9 Å². The number of pyridine rings is 1. The Hall–Kier alpha value is -4.41. The van der Waals surface area contributed by atoms with E-state index in [1.165, 1.54) is 0 Å². The van der Waals surface area contributed by atoms with Gasteiger partial charge in [-0.1, -0.05) is 0 Å². The average molecular weight is 473 g/mol. The third kappa shape index (κ3) is 3.65. The molecule has 0 unspecified atom stereocenters. The Morgan fingerprint density at radius 1 is 1.09 bits per heavy atom. The summed E-state index contributed by atoms with van der Waals surface area (Å²) in [6.07, 6.45) is 7.36. The number of anilines is 1. The Balaban J connectivity index is 1.56. The number of aromatic amines is 2. The van der Waals surface area contributed by atoms with Gasteiger partial charge in [-0.3, -0.25) is 9.48 Å². The Morgan fingerprint density at radius 3 is 2.54 bits per heavy atom. The zero-order valence-corrected chi connectivity index (χ0v) is 19.5. The van der Waals surface area contributed by atoms with Crippen LogP contribution in [-0.2, 0) is 7.05 Å². The third-order valence-corrected chi connectivity index (χ3v) is 6.27. The zero-order valence-electron chi connectivity index (χ0n) is 19.5. The van der Waals surface area contributed by atoms with Gasteiger partial charge in [0.1, 0.15) is 16.9 Å². The minimum absolute atomic E-state index is 0.161. The molecule has 6 rings (SSSR count). The highest BCUT2D eigenvalue weighted by atomic mass is 16.5. The van der Waals surface area contributed by atoms with Gasteiger partial charge in [0.15, 0.2) is 17.3 Å². The van der Waals surface area contributed by atoms with Crippen LogP contribution in [0.1, 0.15) is 24.7 Å². The maximum absolute atomic E-state index is 13.4. The summed E-state index contributed by atoms with van der Waals surface area (Å²) >= 11 is 0. The first-order valence-corrected chi connectivity index (χ1v) is 11.3. The largest absolute Gasteiger partial charge is 0.493 e. The Kier molecular flexibility index (Phi) is 4.90. The van der Waals surface area contributed by atoms with Gasteiger partial charge < -0.3 is 24.8 Å². The van der Waals surface area contributed by atoms with Gasteiger partial charge in [-0.05, 0) is 24.8 Å². The number of methoxy groups -OCH3 is 2. The Morgan fingerprint density at radius 2 is 1.83 bits per heavy atom. The first kappa shape index (κ1) is 21.1. The number of fused-ring (bicyclic) bond motifs is 2.